The second-order valence-electron chi connectivity index (χ2n) is 6.82. The van der Waals surface area contributed by atoms with E-state index in [4.69, 9.17) is 9.47 Å². The number of halogens is 7. The van der Waals surface area contributed by atoms with Crippen molar-refractivity contribution in [1.82, 2.24) is 5.32 Å². The highest BCUT2D eigenvalue weighted by atomic mass is 19.4. The van der Waals surface area contributed by atoms with Crippen molar-refractivity contribution in [2.24, 2.45) is 0 Å². The molecule has 0 aliphatic carbocycles. The lowest BCUT2D eigenvalue weighted by atomic mass is 9.88. The fraction of sp³-hybridized carbons (Fsp3) is 0.400. The summed E-state index contributed by atoms with van der Waals surface area (Å²) in [5, 5.41) is 12.2. The molecule has 3 rings (SSSR count). The van der Waals surface area contributed by atoms with Crippen LogP contribution in [0.1, 0.15) is 28.3 Å². The molecule has 170 valence electrons. The predicted molar refractivity (Wildman–Crippen MR) is 94.3 cm³/mol. The van der Waals surface area contributed by atoms with Crippen LogP contribution in [0.15, 0.2) is 42.5 Å². The Balaban J connectivity index is 2.24. The number of hydrogen-bond donors (Lipinski definition) is 2. The van der Waals surface area contributed by atoms with Crippen molar-refractivity contribution in [1.29, 1.82) is 0 Å². The van der Waals surface area contributed by atoms with E-state index in [0.717, 1.165) is 12.1 Å². The van der Waals surface area contributed by atoms with Crippen LogP contribution >= 0.6 is 0 Å². The normalized spacial score (nSPS) is 22.5. The molecule has 1 fully saturated rings. The number of alkyl halides is 6. The topological polar surface area (TPSA) is 50.7 Å². The number of nitrogens with one attached hydrogen (secondary N) is 1. The Hall–Kier alpha value is -2.21. The molecule has 1 heterocycles. The average molecular weight is 453 g/mol. The van der Waals surface area contributed by atoms with E-state index in [1.807, 2.05) is 0 Å². The molecule has 1 aliphatic rings. The Morgan fingerprint density at radius 1 is 1.00 bits per heavy atom. The first-order chi connectivity index (χ1) is 14.5. The first-order valence-corrected chi connectivity index (χ1v) is 9.15. The molecule has 0 saturated carbocycles. The molecule has 2 aromatic carbocycles. The molecule has 2 atom stereocenters. The number of ether oxygens (including phenoxy) is 2. The standard InChI is InChI=1S/C20H18F7NO3/c21-16-3-1-12(2-4-16)17-18(31-8-6-29,30-7-5-28-17)13-9-14(19(22,23)24)11-15(10-13)20(25,26)27/h1-4,9-11,17,28-29H,5-8H2/t17-,18+/m0/s1. The first-order valence-electron chi connectivity index (χ1n) is 9.15. The van der Waals surface area contributed by atoms with Gasteiger partial charge in [-0.3, -0.25) is 0 Å². The minimum Gasteiger partial charge on any atom is -0.394 e. The first kappa shape index (κ1) is 23.5. The molecule has 11 heteroatoms. The summed E-state index contributed by atoms with van der Waals surface area (Å²) < 4.78 is 105. The summed E-state index contributed by atoms with van der Waals surface area (Å²) in [6.45, 7) is -0.888. The van der Waals surface area contributed by atoms with Gasteiger partial charge in [-0.2, -0.15) is 26.3 Å². The highest BCUT2D eigenvalue weighted by Gasteiger charge is 2.48. The Morgan fingerprint density at radius 3 is 2.10 bits per heavy atom. The molecular formula is C20H18F7NO3. The smallest absolute Gasteiger partial charge is 0.394 e. The molecule has 2 aromatic rings. The summed E-state index contributed by atoms with van der Waals surface area (Å²) in [6, 6.07) is 4.79. The maximum atomic E-state index is 13.4. The molecule has 0 unspecified atom stereocenters. The molecule has 1 saturated heterocycles. The second kappa shape index (κ2) is 8.73. The van der Waals surface area contributed by atoms with Crippen LogP contribution < -0.4 is 5.32 Å². The van der Waals surface area contributed by atoms with Crippen LogP contribution in [0.25, 0.3) is 0 Å². The van der Waals surface area contributed by atoms with Crippen LogP contribution in [0.2, 0.25) is 0 Å². The van der Waals surface area contributed by atoms with E-state index in [1.54, 1.807) is 0 Å². The van der Waals surface area contributed by atoms with E-state index in [2.05, 4.69) is 5.32 Å². The molecular weight excluding hydrogens is 435 g/mol. The third-order valence-electron chi connectivity index (χ3n) is 4.75. The Morgan fingerprint density at radius 2 is 1.58 bits per heavy atom. The molecule has 1 aliphatic heterocycles. The lowest BCUT2D eigenvalue weighted by Crippen LogP contribution is -2.52. The zero-order valence-corrected chi connectivity index (χ0v) is 15.9. The van der Waals surface area contributed by atoms with Gasteiger partial charge >= 0.3 is 12.4 Å². The van der Waals surface area contributed by atoms with E-state index in [-0.39, 0.29) is 19.2 Å². The van der Waals surface area contributed by atoms with Crippen molar-refractivity contribution in [3.8, 4) is 0 Å². The zero-order chi connectivity index (χ0) is 22.9. The van der Waals surface area contributed by atoms with Gasteiger partial charge < -0.3 is 19.9 Å². The van der Waals surface area contributed by atoms with Crippen LogP contribution in [0.5, 0.6) is 0 Å². The summed E-state index contributed by atoms with van der Waals surface area (Å²) in [5.74, 6) is -2.72. The Labute approximate surface area is 172 Å². The Kier molecular flexibility index (Phi) is 6.61. The van der Waals surface area contributed by atoms with E-state index < -0.39 is 59.9 Å². The Bertz CT molecular complexity index is 867. The predicted octanol–water partition coefficient (Wildman–Crippen LogP) is 4.39. The number of rotatable bonds is 5. The fourth-order valence-corrected chi connectivity index (χ4v) is 3.43. The monoisotopic (exact) mass is 453 g/mol. The number of morpholine rings is 1. The molecule has 0 amide bonds. The maximum absolute atomic E-state index is 13.4. The van der Waals surface area contributed by atoms with Gasteiger partial charge in [0.15, 0.2) is 0 Å². The van der Waals surface area contributed by atoms with Gasteiger partial charge in [0.1, 0.15) is 5.82 Å². The zero-order valence-electron chi connectivity index (χ0n) is 15.9. The van der Waals surface area contributed by atoms with Crippen molar-refractivity contribution in [2.75, 3.05) is 26.4 Å². The van der Waals surface area contributed by atoms with Gasteiger partial charge in [-0.15, -0.1) is 0 Å². The van der Waals surface area contributed by atoms with Gasteiger partial charge in [0, 0.05) is 12.1 Å². The van der Waals surface area contributed by atoms with Crippen molar-refractivity contribution >= 4 is 0 Å². The van der Waals surface area contributed by atoms with Gasteiger partial charge in [0.25, 0.3) is 0 Å². The third-order valence-corrected chi connectivity index (χ3v) is 4.75. The number of aliphatic hydroxyl groups is 1. The van der Waals surface area contributed by atoms with Crippen molar-refractivity contribution in [3.05, 3.63) is 70.5 Å². The lowest BCUT2D eigenvalue weighted by molar-refractivity contribution is -0.283. The van der Waals surface area contributed by atoms with Crippen LogP contribution in [0.4, 0.5) is 30.7 Å². The van der Waals surface area contributed by atoms with Crippen molar-refractivity contribution in [2.45, 2.75) is 24.2 Å². The lowest BCUT2D eigenvalue weighted by Gasteiger charge is -2.44. The molecule has 0 aromatic heterocycles. The number of hydrogen-bond acceptors (Lipinski definition) is 4. The fourth-order valence-electron chi connectivity index (χ4n) is 3.43. The highest BCUT2D eigenvalue weighted by Crippen LogP contribution is 2.45. The third kappa shape index (κ3) is 5.00. The summed E-state index contributed by atoms with van der Waals surface area (Å²) in [6.07, 6.45) is -10.1. The molecule has 0 radical (unpaired) electrons. The van der Waals surface area contributed by atoms with Gasteiger partial charge in [-0.05, 0) is 35.9 Å². The summed E-state index contributed by atoms with van der Waals surface area (Å²) >= 11 is 0. The largest absolute Gasteiger partial charge is 0.416 e. The van der Waals surface area contributed by atoms with Crippen molar-refractivity contribution < 1.29 is 45.3 Å². The molecule has 2 N–H and O–H groups in total. The van der Waals surface area contributed by atoms with E-state index in [1.165, 1.54) is 12.1 Å². The maximum Gasteiger partial charge on any atom is 0.416 e. The van der Waals surface area contributed by atoms with Crippen LogP contribution in [0, 0.1) is 5.82 Å². The number of benzene rings is 2. The van der Waals surface area contributed by atoms with Crippen LogP contribution in [-0.4, -0.2) is 31.5 Å². The van der Waals surface area contributed by atoms with Gasteiger partial charge in [-0.1, -0.05) is 12.1 Å². The van der Waals surface area contributed by atoms with Crippen molar-refractivity contribution in [3.63, 3.8) is 0 Å². The molecule has 0 spiro atoms. The number of aliphatic hydroxyl groups excluding tert-OH is 1. The SMILES string of the molecule is OCCO[C@@]1(c2cc(C(F)(F)F)cc(C(F)(F)F)c2)OCCN[C@H]1c1ccc(F)cc1. The summed E-state index contributed by atoms with van der Waals surface area (Å²) in [7, 11) is 0. The van der Waals surface area contributed by atoms with E-state index >= 15 is 0 Å². The van der Waals surface area contributed by atoms with Crippen LogP contribution in [-0.2, 0) is 27.6 Å². The quantitative estimate of drug-likeness (QED) is 0.660. The minimum atomic E-state index is -5.07. The van der Waals surface area contributed by atoms with Gasteiger partial charge in [0.2, 0.25) is 5.79 Å². The van der Waals surface area contributed by atoms with E-state index in [9.17, 15) is 35.8 Å². The molecule has 31 heavy (non-hydrogen) atoms. The van der Waals surface area contributed by atoms with Crippen LogP contribution in [0.3, 0.4) is 0 Å². The average Bonchev–Trinajstić information content (AvgIpc) is 2.71. The van der Waals surface area contributed by atoms with E-state index in [0.29, 0.717) is 17.7 Å². The van der Waals surface area contributed by atoms with Gasteiger partial charge in [0.05, 0.1) is 37.0 Å². The highest BCUT2D eigenvalue weighted by molar-refractivity contribution is 5.38. The summed E-state index contributed by atoms with van der Waals surface area (Å²) in [5.41, 5.74) is -3.29. The molecule has 0 bridgehead atoms. The van der Waals surface area contributed by atoms with Gasteiger partial charge in [-0.25, -0.2) is 4.39 Å². The second-order valence-corrected chi connectivity index (χ2v) is 6.82. The summed E-state index contributed by atoms with van der Waals surface area (Å²) in [4.78, 5) is 0. The molecule has 4 nitrogen and oxygen atoms in total. The minimum absolute atomic E-state index is 0.00635.